The molecule has 1 fully saturated rings. The van der Waals surface area contributed by atoms with Gasteiger partial charge in [0.2, 0.25) is 0 Å². The number of amides is 3. The second-order valence-electron chi connectivity index (χ2n) is 7.85. The fraction of sp³-hybridized carbons (Fsp3) is 0.261. The number of nitrogens with zero attached hydrogens (tertiary/aromatic N) is 3. The van der Waals surface area contributed by atoms with E-state index in [9.17, 15) is 27.2 Å². The minimum Gasteiger partial charge on any atom is -0.368 e. The zero-order valence-electron chi connectivity index (χ0n) is 18.5. The number of piperazine rings is 1. The van der Waals surface area contributed by atoms with E-state index < -0.39 is 23.6 Å². The summed E-state index contributed by atoms with van der Waals surface area (Å²) in [6.07, 6.45) is -4.42. The number of aryl methyl sites for hydroxylation is 1. The van der Waals surface area contributed by atoms with Crippen molar-refractivity contribution in [1.82, 2.24) is 9.88 Å². The van der Waals surface area contributed by atoms with E-state index in [2.05, 4.69) is 15.6 Å². The lowest BCUT2D eigenvalue weighted by atomic mass is 10.1. The Balaban J connectivity index is 1.36. The maximum atomic E-state index is 13.0. The van der Waals surface area contributed by atoms with E-state index >= 15 is 0 Å². The molecule has 0 saturated carbocycles. The largest absolute Gasteiger partial charge is 0.416 e. The first-order valence-corrected chi connectivity index (χ1v) is 11.4. The summed E-state index contributed by atoms with van der Waals surface area (Å²) in [6.45, 7) is 3.10. The average molecular weight is 508 g/mol. The Hall–Kier alpha value is -3.67. The molecule has 184 valence electrons. The Kier molecular flexibility index (Phi) is 6.92. The van der Waals surface area contributed by atoms with Crippen molar-refractivity contribution in [2.24, 2.45) is 0 Å². The molecule has 0 unspecified atom stereocenters. The number of anilines is 3. The molecule has 1 aromatic heterocycles. The Morgan fingerprint density at radius 2 is 1.69 bits per heavy atom. The number of rotatable bonds is 4. The van der Waals surface area contributed by atoms with Crippen LogP contribution in [-0.4, -0.2) is 48.0 Å². The fourth-order valence-corrected chi connectivity index (χ4v) is 4.56. The van der Waals surface area contributed by atoms with Gasteiger partial charge in [-0.05, 0) is 49.4 Å². The summed E-state index contributed by atoms with van der Waals surface area (Å²) in [5, 5.41) is 5.34. The van der Waals surface area contributed by atoms with Crippen molar-refractivity contribution < 1.29 is 27.2 Å². The summed E-state index contributed by atoms with van der Waals surface area (Å²) in [6, 6.07) is 9.80. The molecule has 0 radical (unpaired) electrons. The molecule has 3 amide bonds. The Morgan fingerprint density at radius 1 is 1.00 bits per heavy atom. The van der Waals surface area contributed by atoms with Gasteiger partial charge in [-0.2, -0.15) is 13.2 Å². The number of thiazole rings is 1. The first kappa shape index (κ1) is 24.5. The molecule has 0 aliphatic carbocycles. The maximum Gasteiger partial charge on any atom is 0.416 e. The van der Waals surface area contributed by atoms with Gasteiger partial charge in [0.1, 0.15) is 10.7 Å². The van der Waals surface area contributed by atoms with Crippen LogP contribution in [0.1, 0.15) is 20.9 Å². The van der Waals surface area contributed by atoms with Crippen LogP contribution in [0.4, 0.5) is 38.9 Å². The molecule has 2 heterocycles. The summed E-state index contributed by atoms with van der Waals surface area (Å²) in [7, 11) is 0. The molecular formula is C23H21F4N5O2S. The lowest BCUT2D eigenvalue weighted by Crippen LogP contribution is -2.48. The average Bonchev–Trinajstić information content (AvgIpc) is 3.19. The van der Waals surface area contributed by atoms with Crippen LogP contribution in [0.15, 0.2) is 48.5 Å². The summed E-state index contributed by atoms with van der Waals surface area (Å²) in [5.74, 6) is -0.680. The first-order chi connectivity index (χ1) is 16.6. The molecule has 1 aliphatic rings. The van der Waals surface area contributed by atoms with E-state index in [0.717, 1.165) is 23.5 Å². The SMILES string of the molecule is Cc1nc(NC(=O)Nc2ccc(F)cc2)sc1C(=O)N1CCN(c2cccc(C(F)(F)F)c2)CC1. The fourth-order valence-electron chi connectivity index (χ4n) is 3.63. The van der Waals surface area contributed by atoms with Crippen LogP contribution >= 0.6 is 11.3 Å². The van der Waals surface area contributed by atoms with Gasteiger partial charge in [0.05, 0.1) is 11.3 Å². The summed E-state index contributed by atoms with van der Waals surface area (Å²) < 4.78 is 52.0. The third-order valence-corrected chi connectivity index (χ3v) is 6.48. The number of carbonyl (C=O) groups excluding carboxylic acids is 2. The van der Waals surface area contributed by atoms with Gasteiger partial charge in [-0.25, -0.2) is 14.2 Å². The third-order valence-electron chi connectivity index (χ3n) is 5.42. The van der Waals surface area contributed by atoms with Gasteiger partial charge in [0, 0.05) is 37.6 Å². The predicted octanol–water partition coefficient (Wildman–Crippen LogP) is 5.22. The van der Waals surface area contributed by atoms with Crippen molar-refractivity contribution in [2.75, 3.05) is 41.7 Å². The Morgan fingerprint density at radius 3 is 2.34 bits per heavy atom. The van der Waals surface area contributed by atoms with Crippen molar-refractivity contribution in [3.8, 4) is 0 Å². The molecule has 2 aromatic carbocycles. The van der Waals surface area contributed by atoms with Gasteiger partial charge in [-0.15, -0.1) is 0 Å². The van der Waals surface area contributed by atoms with Crippen LogP contribution in [0.3, 0.4) is 0 Å². The molecule has 7 nitrogen and oxygen atoms in total. The molecule has 1 saturated heterocycles. The molecule has 0 spiro atoms. The van der Waals surface area contributed by atoms with Gasteiger partial charge in [0.15, 0.2) is 5.13 Å². The molecular weight excluding hydrogens is 486 g/mol. The number of aromatic nitrogens is 1. The molecule has 4 rings (SSSR count). The monoisotopic (exact) mass is 507 g/mol. The number of nitrogens with one attached hydrogen (secondary N) is 2. The third kappa shape index (κ3) is 5.88. The van der Waals surface area contributed by atoms with Gasteiger partial charge in [0.25, 0.3) is 5.91 Å². The van der Waals surface area contributed by atoms with Crippen LogP contribution in [0.25, 0.3) is 0 Å². The van der Waals surface area contributed by atoms with Crippen LogP contribution in [0.2, 0.25) is 0 Å². The molecule has 0 bridgehead atoms. The lowest BCUT2D eigenvalue weighted by Gasteiger charge is -2.36. The normalized spacial score (nSPS) is 14.1. The number of carbonyl (C=O) groups is 2. The molecule has 1 aliphatic heterocycles. The van der Waals surface area contributed by atoms with Gasteiger partial charge in [-0.1, -0.05) is 17.4 Å². The van der Waals surface area contributed by atoms with Crippen molar-refractivity contribution >= 4 is 39.8 Å². The van der Waals surface area contributed by atoms with Crippen molar-refractivity contribution in [2.45, 2.75) is 13.1 Å². The van der Waals surface area contributed by atoms with Crippen LogP contribution in [0, 0.1) is 12.7 Å². The first-order valence-electron chi connectivity index (χ1n) is 10.6. The number of benzene rings is 2. The van der Waals surface area contributed by atoms with Gasteiger partial charge in [-0.3, -0.25) is 10.1 Å². The van der Waals surface area contributed by atoms with E-state index in [1.54, 1.807) is 17.9 Å². The molecule has 2 N–H and O–H groups in total. The molecule has 3 aromatic rings. The maximum absolute atomic E-state index is 13.0. The molecule has 12 heteroatoms. The highest BCUT2D eigenvalue weighted by atomic mass is 32.1. The van der Waals surface area contributed by atoms with Crippen LogP contribution < -0.4 is 15.5 Å². The van der Waals surface area contributed by atoms with Crippen LogP contribution in [0.5, 0.6) is 0 Å². The Labute approximate surface area is 202 Å². The number of hydrogen-bond acceptors (Lipinski definition) is 5. The topological polar surface area (TPSA) is 77.6 Å². The zero-order valence-corrected chi connectivity index (χ0v) is 19.3. The Bertz CT molecular complexity index is 1220. The predicted molar refractivity (Wildman–Crippen MR) is 125 cm³/mol. The van der Waals surface area contributed by atoms with Gasteiger partial charge < -0.3 is 15.1 Å². The summed E-state index contributed by atoms with van der Waals surface area (Å²) in [4.78, 5) is 33.3. The second-order valence-corrected chi connectivity index (χ2v) is 8.85. The van der Waals surface area contributed by atoms with Crippen molar-refractivity contribution in [3.63, 3.8) is 0 Å². The number of alkyl halides is 3. The van der Waals surface area contributed by atoms with E-state index in [-0.39, 0.29) is 11.0 Å². The van der Waals surface area contributed by atoms with E-state index in [4.69, 9.17) is 0 Å². The van der Waals surface area contributed by atoms with Crippen molar-refractivity contribution in [3.05, 3.63) is 70.5 Å². The smallest absolute Gasteiger partial charge is 0.368 e. The highest BCUT2D eigenvalue weighted by Gasteiger charge is 2.31. The number of halogens is 4. The van der Waals surface area contributed by atoms with Crippen molar-refractivity contribution in [1.29, 1.82) is 0 Å². The summed E-state index contributed by atoms with van der Waals surface area (Å²) in [5.41, 5.74) is 0.598. The minimum absolute atomic E-state index is 0.230. The van der Waals surface area contributed by atoms with E-state index in [0.29, 0.717) is 48.1 Å². The van der Waals surface area contributed by atoms with Gasteiger partial charge >= 0.3 is 12.2 Å². The highest BCUT2D eigenvalue weighted by Crippen LogP contribution is 2.32. The highest BCUT2D eigenvalue weighted by molar-refractivity contribution is 7.17. The standard InChI is InChI=1S/C23H21F4N5O2S/c1-14-19(35-22(28-14)30-21(34)29-17-7-5-16(24)6-8-17)20(33)32-11-9-31(10-12-32)18-4-2-3-15(13-18)23(25,26)27/h2-8,13H,9-12H2,1H3,(H2,28,29,30,34). The molecule has 35 heavy (non-hydrogen) atoms. The quantitative estimate of drug-likeness (QED) is 0.475. The summed E-state index contributed by atoms with van der Waals surface area (Å²) >= 11 is 1.03. The number of hydrogen-bond donors (Lipinski definition) is 2. The zero-order chi connectivity index (χ0) is 25.2. The van der Waals surface area contributed by atoms with E-state index in [1.165, 1.54) is 30.3 Å². The lowest BCUT2D eigenvalue weighted by molar-refractivity contribution is -0.137. The molecule has 0 atom stereocenters. The van der Waals surface area contributed by atoms with Crippen LogP contribution in [-0.2, 0) is 6.18 Å². The second kappa shape index (κ2) is 9.90. The number of urea groups is 1. The minimum atomic E-state index is -4.42. The van der Waals surface area contributed by atoms with E-state index in [1.807, 2.05) is 4.90 Å².